The molecule has 2 aromatic carbocycles. The summed E-state index contributed by atoms with van der Waals surface area (Å²) in [7, 11) is 0. The Morgan fingerprint density at radius 1 is 1.12 bits per heavy atom. The van der Waals surface area contributed by atoms with E-state index in [0.29, 0.717) is 0 Å². The first-order valence-corrected chi connectivity index (χ1v) is 10.8. The summed E-state index contributed by atoms with van der Waals surface area (Å²) in [4.78, 5) is 36.8. The third-order valence-corrected chi connectivity index (χ3v) is 6.60. The molecule has 2 atom stereocenters. The van der Waals surface area contributed by atoms with Gasteiger partial charge in [-0.3, -0.25) is 14.4 Å². The van der Waals surface area contributed by atoms with Gasteiger partial charge in [0.1, 0.15) is 15.8 Å². The second-order valence-corrected chi connectivity index (χ2v) is 9.26. The Bertz CT molecular complexity index is 1160. The van der Waals surface area contributed by atoms with Crippen LogP contribution in [0.4, 0.5) is 25.8 Å². The number of halogens is 5. The van der Waals surface area contributed by atoms with Crippen molar-refractivity contribution in [1.82, 2.24) is 0 Å². The van der Waals surface area contributed by atoms with E-state index in [1.54, 1.807) is 6.92 Å². The fraction of sp³-hybridized carbons (Fsp3) is 0.227. The standard InChI is InChI=1S/C22H18Cl3F2N3O3/c1-3-4-16(31)30-19-14(26)7-8-15(18(19)27)29-20(32)12-9-11(5-6-13(12)23)28-21(33)17-10(2)22(17,24)25/h3,5-10,17H,1,4H2,2H3,(H,28,33)(H,29,32)(H,30,31). The summed E-state index contributed by atoms with van der Waals surface area (Å²) in [6.07, 6.45) is 1.12. The Morgan fingerprint density at radius 2 is 1.79 bits per heavy atom. The molecule has 2 aromatic rings. The number of benzene rings is 2. The highest BCUT2D eigenvalue weighted by atomic mass is 35.5. The number of nitrogens with one attached hydrogen (secondary N) is 3. The maximum Gasteiger partial charge on any atom is 0.257 e. The van der Waals surface area contributed by atoms with Gasteiger partial charge < -0.3 is 16.0 Å². The van der Waals surface area contributed by atoms with E-state index in [1.807, 2.05) is 0 Å². The number of rotatable bonds is 7. The van der Waals surface area contributed by atoms with E-state index >= 15 is 0 Å². The van der Waals surface area contributed by atoms with Crippen molar-refractivity contribution in [2.75, 3.05) is 16.0 Å². The Hall–Kier alpha value is -2.68. The molecule has 0 aromatic heterocycles. The maximum atomic E-state index is 14.8. The Kier molecular flexibility index (Phi) is 7.31. The molecule has 1 fully saturated rings. The number of carbonyl (C=O) groups is 3. The number of anilines is 3. The fourth-order valence-corrected chi connectivity index (χ4v) is 4.06. The van der Waals surface area contributed by atoms with Gasteiger partial charge in [0.05, 0.1) is 22.2 Å². The number of amides is 3. The average Bonchev–Trinajstić information content (AvgIpc) is 3.25. The van der Waals surface area contributed by atoms with Crippen LogP contribution in [0.15, 0.2) is 43.0 Å². The van der Waals surface area contributed by atoms with Crippen molar-refractivity contribution in [3.63, 3.8) is 0 Å². The molecule has 1 aliphatic rings. The van der Waals surface area contributed by atoms with E-state index in [4.69, 9.17) is 34.8 Å². The molecule has 3 amide bonds. The molecular weight excluding hydrogens is 499 g/mol. The van der Waals surface area contributed by atoms with E-state index in [-0.39, 0.29) is 34.3 Å². The van der Waals surface area contributed by atoms with Gasteiger partial charge in [-0.25, -0.2) is 8.78 Å². The lowest BCUT2D eigenvalue weighted by Crippen LogP contribution is -2.19. The first kappa shape index (κ1) is 25.0. The topological polar surface area (TPSA) is 87.3 Å². The van der Waals surface area contributed by atoms with Crippen LogP contribution >= 0.6 is 34.8 Å². The maximum absolute atomic E-state index is 14.8. The van der Waals surface area contributed by atoms with Gasteiger partial charge in [-0.1, -0.05) is 24.6 Å². The third-order valence-electron chi connectivity index (χ3n) is 5.11. The highest BCUT2D eigenvalue weighted by Crippen LogP contribution is 2.59. The van der Waals surface area contributed by atoms with Gasteiger partial charge in [0.2, 0.25) is 11.8 Å². The van der Waals surface area contributed by atoms with Crippen LogP contribution in [0.1, 0.15) is 23.7 Å². The molecule has 0 radical (unpaired) electrons. The summed E-state index contributed by atoms with van der Waals surface area (Å²) in [5.41, 5.74) is -0.936. The van der Waals surface area contributed by atoms with Gasteiger partial charge in [-0.2, -0.15) is 0 Å². The molecule has 2 unspecified atom stereocenters. The molecular formula is C22H18Cl3F2N3O3. The predicted octanol–water partition coefficient (Wildman–Crippen LogP) is 5.76. The van der Waals surface area contributed by atoms with E-state index in [0.717, 1.165) is 12.1 Å². The molecule has 1 aliphatic carbocycles. The van der Waals surface area contributed by atoms with Crippen molar-refractivity contribution in [2.45, 2.75) is 17.7 Å². The summed E-state index contributed by atoms with van der Waals surface area (Å²) in [6, 6.07) is 6.03. The highest BCUT2D eigenvalue weighted by Gasteiger charge is 2.64. The van der Waals surface area contributed by atoms with Gasteiger partial charge in [-0.15, -0.1) is 29.8 Å². The first-order chi connectivity index (χ1) is 15.5. The molecule has 6 nitrogen and oxygen atoms in total. The zero-order chi connectivity index (χ0) is 24.5. The first-order valence-electron chi connectivity index (χ1n) is 9.65. The van der Waals surface area contributed by atoms with Crippen LogP contribution < -0.4 is 16.0 Å². The molecule has 3 rings (SSSR count). The van der Waals surface area contributed by atoms with Crippen LogP contribution in [0.5, 0.6) is 0 Å². The van der Waals surface area contributed by atoms with E-state index in [2.05, 4.69) is 22.5 Å². The lowest BCUT2D eigenvalue weighted by atomic mass is 10.1. The summed E-state index contributed by atoms with van der Waals surface area (Å²) in [5.74, 6) is -4.98. The van der Waals surface area contributed by atoms with E-state index in [9.17, 15) is 23.2 Å². The minimum Gasteiger partial charge on any atom is -0.326 e. The summed E-state index contributed by atoms with van der Waals surface area (Å²) in [5, 5.41) is 7.02. The van der Waals surface area contributed by atoms with Crippen LogP contribution in [0.25, 0.3) is 0 Å². The molecule has 11 heteroatoms. The second-order valence-electron chi connectivity index (χ2n) is 7.40. The molecule has 33 heavy (non-hydrogen) atoms. The number of alkyl halides is 2. The second kappa shape index (κ2) is 9.67. The lowest BCUT2D eigenvalue weighted by Gasteiger charge is -2.13. The highest BCUT2D eigenvalue weighted by molar-refractivity contribution is 6.53. The van der Waals surface area contributed by atoms with Crippen LogP contribution in [0.2, 0.25) is 5.02 Å². The summed E-state index contributed by atoms with van der Waals surface area (Å²) >= 11 is 18.2. The number of hydrogen-bond acceptors (Lipinski definition) is 3. The van der Waals surface area contributed by atoms with Crippen molar-refractivity contribution < 1.29 is 23.2 Å². The number of hydrogen-bond donors (Lipinski definition) is 3. The zero-order valence-corrected chi connectivity index (χ0v) is 19.4. The van der Waals surface area contributed by atoms with Crippen LogP contribution in [0, 0.1) is 23.5 Å². The molecule has 3 N–H and O–H groups in total. The van der Waals surface area contributed by atoms with Crippen LogP contribution in [-0.4, -0.2) is 22.1 Å². The van der Waals surface area contributed by atoms with Crippen molar-refractivity contribution in [1.29, 1.82) is 0 Å². The Labute approximate surface area is 203 Å². The monoisotopic (exact) mass is 515 g/mol. The van der Waals surface area contributed by atoms with Crippen molar-refractivity contribution >= 4 is 69.6 Å². The van der Waals surface area contributed by atoms with E-state index < -0.39 is 45.3 Å². The van der Waals surface area contributed by atoms with Gasteiger partial charge in [0, 0.05) is 18.0 Å². The summed E-state index contributed by atoms with van der Waals surface area (Å²) in [6.45, 7) is 5.11. The molecule has 0 heterocycles. The van der Waals surface area contributed by atoms with Crippen molar-refractivity contribution in [3.8, 4) is 0 Å². The third kappa shape index (κ3) is 5.29. The lowest BCUT2D eigenvalue weighted by molar-refractivity contribution is -0.117. The van der Waals surface area contributed by atoms with Gasteiger partial charge in [0.25, 0.3) is 5.91 Å². The van der Waals surface area contributed by atoms with Gasteiger partial charge >= 0.3 is 0 Å². The van der Waals surface area contributed by atoms with Gasteiger partial charge in [0.15, 0.2) is 5.82 Å². The smallest absolute Gasteiger partial charge is 0.257 e. The molecule has 0 bridgehead atoms. The molecule has 174 valence electrons. The molecule has 0 spiro atoms. The number of carbonyl (C=O) groups excluding carboxylic acids is 3. The quantitative estimate of drug-likeness (QED) is 0.323. The minimum atomic E-state index is -1.18. The SMILES string of the molecule is C=CCC(=O)Nc1c(F)ccc(NC(=O)c2cc(NC(=O)C3C(C)C3(Cl)Cl)ccc2Cl)c1F. The molecule has 0 aliphatic heterocycles. The van der Waals surface area contributed by atoms with Crippen molar-refractivity contribution in [2.24, 2.45) is 11.8 Å². The van der Waals surface area contributed by atoms with Gasteiger partial charge in [-0.05, 0) is 30.3 Å². The normalized spacial score (nSPS) is 18.2. The van der Waals surface area contributed by atoms with Crippen LogP contribution in [-0.2, 0) is 9.59 Å². The zero-order valence-electron chi connectivity index (χ0n) is 17.1. The molecule has 0 saturated heterocycles. The Balaban J connectivity index is 1.79. The molecule has 1 saturated carbocycles. The Morgan fingerprint density at radius 3 is 2.39 bits per heavy atom. The minimum absolute atomic E-state index is 0.0244. The van der Waals surface area contributed by atoms with E-state index in [1.165, 1.54) is 24.3 Å². The fourth-order valence-electron chi connectivity index (χ4n) is 3.15. The van der Waals surface area contributed by atoms with Crippen LogP contribution in [0.3, 0.4) is 0 Å². The van der Waals surface area contributed by atoms with Crippen molar-refractivity contribution in [3.05, 3.63) is 65.2 Å². The largest absolute Gasteiger partial charge is 0.326 e. The summed E-state index contributed by atoms with van der Waals surface area (Å²) < 4.78 is 27.6. The average molecular weight is 517 g/mol. The predicted molar refractivity (Wildman–Crippen MR) is 125 cm³/mol.